The Bertz CT molecular complexity index is 1530. The van der Waals surface area contributed by atoms with E-state index in [1.54, 1.807) is 12.3 Å². The fourth-order valence-corrected chi connectivity index (χ4v) is 3.63. The van der Waals surface area contributed by atoms with Gasteiger partial charge in [0.25, 0.3) is 5.56 Å². The van der Waals surface area contributed by atoms with E-state index in [1.165, 1.54) is 12.1 Å². The summed E-state index contributed by atoms with van der Waals surface area (Å²) in [5.74, 6) is 0.00462. The molecule has 0 unspecified atom stereocenters. The number of nitrogens with one attached hydrogen (secondary N) is 2. The third kappa shape index (κ3) is 3.66. The Morgan fingerprint density at radius 1 is 0.875 bits per heavy atom. The highest BCUT2D eigenvalue weighted by Gasteiger charge is 2.30. The number of aromatic nitrogens is 3. The van der Waals surface area contributed by atoms with Crippen LogP contribution in [0.1, 0.15) is 5.56 Å². The standard InChI is InChI=1S/C24H15F3N4O/c25-24(26,27)17-6-3-7-18(13-17)29-23-30-21-20(22(32)31-23)19(10-11-28-21)16-9-8-14-4-1-2-5-15(14)12-16/h1-13H,(H2,28,29,30,31,32). The maximum atomic E-state index is 13.0. The third-order valence-corrected chi connectivity index (χ3v) is 5.12. The van der Waals surface area contributed by atoms with Gasteiger partial charge in [0.2, 0.25) is 5.95 Å². The lowest BCUT2D eigenvalue weighted by Crippen LogP contribution is -2.13. The lowest BCUT2D eigenvalue weighted by molar-refractivity contribution is -0.137. The van der Waals surface area contributed by atoms with Crippen molar-refractivity contribution in [2.45, 2.75) is 6.18 Å². The number of benzene rings is 3. The van der Waals surface area contributed by atoms with Crippen LogP contribution >= 0.6 is 0 Å². The van der Waals surface area contributed by atoms with E-state index in [2.05, 4.69) is 20.3 Å². The summed E-state index contributed by atoms with van der Waals surface area (Å²) in [6, 6.07) is 20.2. The molecule has 0 aliphatic heterocycles. The highest BCUT2D eigenvalue weighted by molar-refractivity contribution is 5.95. The smallest absolute Gasteiger partial charge is 0.326 e. The van der Waals surface area contributed by atoms with E-state index < -0.39 is 17.3 Å². The summed E-state index contributed by atoms with van der Waals surface area (Å²) in [5.41, 5.74) is 0.590. The predicted molar refractivity (Wildman–Crippen MR) is 118 cm³/mol. The summed E-state index contributed by atoms with van der Waals surface area (Å²) in [4.78, 5) is 24.0. The molecule has 0 saturated heterocycles. The van der Waals surface area contributed by atoms with Crippen LogP contribution in [0.4, 0.5) is 24.8 Å². The van der Waals surface area contributed by atoms with Crippen LogP contribution < -0.4 is 10.9 Å². The summed E-state index contributed by atoms with van der Waals surface area (Å²) in [7, 11) is 0. The van der Waals surface area contributed by atoms with Crippen molar-refractivity contribution in [3.05, 3.63) is 94.9 Å². The predicted octanol–water partition coefficient (Wildman–Crippen LogP) is 5.90. The van der Waals surface area contributed by atoms with Crippen LogP contribution in [0.25, 0.3) is 32.9 Å². The fourth-order valence-electron chi connectivity index (χ4n) is 3.63. The minimum atomic E-state index is -4.47. The van der Waals surface area contributed by atoms with E-state index in [0.717, 1.165) is 28.5 Å². The Hall–Kier alpha value is -4.20. The molecule has 2 heterocycles. The van der Waals surface area contributed by atoms with E-state index in [4.69, 9.17) is 0 Å². The van der Waals surface area contributed by atoms with Crippen LogP contribution in [-0.2, 0) is 6.18 Å². The van der Waals surface area contributed by atoms with Crippen molar-refractivity contribution in [1.82, 2.24) is 15.0 Å². The van der Waals surface area contributed by atoms with Crippen LogP contribution in [0, 0.1) is 0 Å². The fraction of sp³-hybridized carbons (Fsp3) is 0.0417. The number of aromatic amines is 1. The summed E-state index contributed by atoms with van der Waals surface area (Å²) in [6.07, 6.45) is -2.93. The first-order chi connectivity index (χ1) is 15.4. The molecule has 0 aliphatic carbocycles. The quantitative estimate of drug-likeness (QED) is 0.372. The number of hydrogen-bond donors (Lipinski definition) is 2. The number of pyridine rings is 1. The molecule has 32 heavy (non-hydrogen) atoms. The van der Waals surface area contributed by atoms with Gasteiger partial charge in [-0.05, 0) is 52.2 Å². The molecular formula is C24H15F3N4O. The molecule has 0 saturated carbocycles. The van der Waals surface area contributed by atoms with Gasteiger partial charge in [-0.3, -0.25) is 9.78 Å². The maximum Gasteiger partial charge on any atom is 0.416 e. The molecule has 0 amide bonds. The number of anilines is 2. The zero-order chi connectivity index (χ0) is 22.3. The average Bonchev–Trinajstić information content (AvgIpc) is 2.78. The van der Waals surface area contributed by atoms with Gasteiger partial charge in [-0.1, -0.05) is 42.5 Å². The molecule has 0 fully saturated rings. The Morgan fingerprint density at radius 2 is 1.69 bits per heavy atom. The number of fused-ring (bicyclic) bond motifs is 2. The molecular weight excluding hydrogens is 417 g/mol. The van der Waals surface area contributed by atoms with Gasteiger partial charge in [0, 0.05) is 11.9 Å². The Balaban J connectivity index is 1.57. The Labute approximate surface area is 179 Å². The number of hydrogen-bond acceptors (Lipinski definition) is 4. The summed E-state index contributed by atoms with van der Waals surface area (Å²) >= 11 is 0. The maximum absolute atomic E-state index is 13.0. The first-order valence-corrected chi connectivity index (χ1v) is 9.71. The summed E-state index contributed by atoms with van der Waals surface area (Å²) < 4.78 is 38.9. The van der Waals surface area contributed by atoms with E-state index >= 15 is 0 Å². The van der Waals surface area contributed by atoms with E-state index in [1.807, 2.05) is 42.5 Å². The Morgan fingerprint density at radius 3 is 2.50 bits per heavy atom. The van der Waals surface area contributed by atoms with E-state index in [0.29, 0.717) is 10.9 Å². The molecule has 0 radical (unpaired) electrons. The Kier molecular flexibility index (Phi) is 4.62. The lowest BCUT2D eigenvalue weighted by Gasteiger charge is -2.11. The number of H-pyrrole nitrogens is 1. The number of nitrogens with zero attached hydrogens (tertiary/aromatic N) is 2. The van der Waals surface area contributed by atoms with Crippen LogP contribution in [-0.4, -0.2) is 15.0 Å². The molecule has 5 nitrogen and oxygen atoms in total. The highest BCUT2D eigenvalue weighted by Crippen LogP contribution is 2.31. The zero-order valence-corrected chi connectivity index (χ0v) is 16.4. The molecule has 5 rings (SSSR count). The van der Waals surface area contributed by atoms with Gasteiger partial charge in [-0.2, -0.15) is 18.2 Å². The molecule has 2 aromatic heterocycles. The topological polar surface area (TPSA) is 70.7 Å². The van der Waals surface area contributed by atoms with E-state index in [-0.39, 0.29) is 17.3 Å². The third-order valence-electron chi connectivity index (χ3n) is 5.12. The molecule has 2 N–H and O–H groups in total. The van der Waals surface area contributed by atoms with Crippen molar-refractivity contribution >= 4 is 33.4 Å². The minimum Gasteiger partial charge on any atom is -0.326 e. The molecule has 158 valence electrons. The van der Waals surface area contributed by atoms with Crippen molar-refractivity contribution < 1.29 is 13.2 Å². The van der Waals surface area contributed by atoms with Gasteiger partial charge in [0.15, 0.2) is 5.65 Å². The van der Waals surface area contributed by atoms with Crippen LogP contribution in [0.2, 0.25) is 0 Å². The summed E-state index contributed by atoms with van der Waals surface area (Å²) in [5, 5.41) is 5.14. The van der Waals surface area contributed by atoms with Gasteiger partial charge in [0.05, 0.1) is 10.9 Å². The number of alkyl halides is 3. The van der Waals surface area contributed by atoms with Crippen LogP contribution in [0.3, 0.4) is 0 Å². The van der Waals surface area contributed by atoms with Crippen molar-refractivity contribution in [2.75, 3.05) is 5.32 Å². The van der Waals surface area contributed by atoms with Gasteiger partial charge in [-0.15, -0.1) is 0 Å². The number of rotatable bonds is 3. The minimum absolute atomic E-state index is 0.00462. The van der Waals surface area contributed by atoms with Crippen molar-refractivity contribution in [2.24, 2.45) is 0 Å². The second kappa shape index (κ2) is 7.49. The molecule has 5 aromatic rings. The zero-order valence-electron chi connectivity index (χ0n) is 16.4. The normalized spacial score (nSPS) is 11.7. The van der Waals surface area contributed by atoms with Gasteiger partial charge in [-0.25, -0.2) is 4.98 Å². The molecule has 3 aromatic carbocycles. The van der Waals surface area contributed by atoms with Crippen molar-refractivity contribution in [1.29, 1.82) is 0 Å². The molecule has 8 heteroatoms. The van der Waals surface area contributed by atoms with Gasteiger partial charge in [0.1, 0.15) is 0 Å². The molecule has 0 bridgehead atoms. The first-order valence-electron chi connectivity index (χ1n) is 9.71. The second-order valence-corrected chi connectivity index (χ2v) is 7.24. The molecule has 0 spiro atoms. The van der Waals surface area contributed by atoms with Crippen LogP contribution in [0.15, 0.2) is 83.8 Å². The highest BCUT2D eigenvalue weighted by atomic mass is 19.4. The van der Waals surface area contributed by atoms with E-state index in [9.17, 15) is 18.0 Å². The van der Waals surface area contributed by atoms with Crippen molar-refractivity contribution in [3.63, 3.8) is 0 Å². The average molecular weight is 432 g/mol. The van der Waals surface area contributed by atoms with Crippen LogP contribution in [0.5, 0.6) is 0 Å². The first kappa shape index (κ1) is 19.7. The van der Waals surface area contributed by atoms with Gasteiger partial charge >= 0.3 is 6.18 Å². The molecule has 0 aliphatic rings. The largest absolute Gasteiger partial charge is 0.416 e. The number of halogens is 3. The SMILES string of the molecule is O=c1[nH]c(Nc2cccc(C(F)(F)F)c2)nc2nccc(-c3ccc4ccccc4c3)c12. The van der Waals surface area contributed by atoms with Gasteiger partial charge < -0.3 is 5.32 Å². The van der Waals surface area contributed by atoms with Crippen molar-refractivity contribution in [3.8, 4) is 11.1 Å². The second-order valence-electron chi connectivity index (χ2n) is 7.24. The monoisotopic (exact) mass is 432 g/mol. The molecule has 0 atom stereocenters. The summed E-state index contributed by atoms with van der Waals surface area (Å²) in [6.45, 7) is 0. The lowest BCUT2D eigenvalue weighted by atomic mass is 10.00.